The molecule has 0 aliphatic heterocycles. The van der Waals surface area contributed by atoms with Crippen molar-refractivity contribution in [2.75, 3.05) is 6.61 Å². The Balaban J connectivity index is 1.74. The molecule has 0 bridgehead atoms. The summed E-state index contributed by atoms with van der Waals surface area (Å²) in [7, 11) is 0. The van der Waals surface area contributed by atoms with Crippen LogP contribution in [0.5, 0.6) is 0 Å². The molecule has 1 atom stereocenters. The fourth-order valence-corrected chi connectivity index (χ4v) is 2.83. The quantitative estimate of drug-likeness (QED) is 0.656. The molecular weight excluding hydrogens is 334 g/mol. The topological polar surface area (TPSA) is 53.2 Å². The Morgan fingerprint density at radius 2 is 1.67 bits per heavy atom. The molecule has 3 aromatic rings. The number of rotatable bonds is 7. The lowest BCUT2D eigenvalue weighted by atomic mass is 10.0. The first-order valence-corrected chi connectivity index (χ1v) is 8.82. The van der Waals surface area contributed by atoms with Crippen LogP contribution >= 0.6 is 0 Å². The number of hydrogen-bond acceptors (Lipinski definition) is 3. The van der Waals surface area contributed by atoms with Crippen LogP contribution in [0.15, 0.2) is 91.0 Å². The molecule has 3 rings (SSSR count). The maximum absolute atomic E-state index is 10.6. The van der Waals surface area contributed by atoms with Crippen molar-refractivity contribution in [3.05, 3.63) is 113 Å². The van der Waals surface area contributed by atoms with Crippen molar-refractivity contribution in [2.24, 2.45) is 0 Å². The highest BCUT2D eigenvalue weighted by Crippen LogP contribution is 2.22. The van der Waals surface area contributed by atoms with Crippen LogP contribution in [0.25, 0.3) is 5.57 Å². The minimum absolute atomic E-state index is 0.366. The summed E-state index contributed by atoms with van der Waals surface area (Å²) in [6, 6.07) is 29.0. The van der Waals surface area contributed by atoms with E-state index in [-0.39, 0.29) is 0 Å². The second-order valence-corrected chi connectivity index (χ2v) is 6.22. The maximum Gasteiger partial charge on any atom is 0.0991 e. The molecular formula is C24H21NO2. The number of ether oxygens (including phenoxy) is 1. The Labute approximate surface area is 159 Å². The number of aliphatic hydroxyl groups excluding tert-OH is 1. The van der Waals surface area contributed by atoms with Crippen LogP contribution in [0.4, 0.5) is 0 Å². The number of nitrogens with zero attached hydrogens (tertiary/aromatic N) is 1. The molecule has 0 spiro atoms. The van der Waals surface area contributed by atoms with Gasteiger partial charge in [-0.05, 0) is 40.5 Å². The fourth-order valence-electron chi connectivity index (χ4n) is 2.83. The van der Waals surface area contributed by atoms with Gasteiger partial charge in [0, 0.05) is 0 Å². The van der Waals surface area contributed by atoms with Crippen LogP contribution in [0.3, 0.4) is 0 Å². The number of aliphatic hydroxyl groups is 1. The van der Waals surface area contributed by atoms with Gasteiger partial charge in [-0.2, -0.15) is 5.26 Å². The van der Waals surface area contributed by atoms with E-state index in [2.05, 4.69) is 6.07 Å². The monoisotopic (exact) mass is 355 g/mol. The van der Waals surface area contributed by atoms with Gasteiger partial charge in [-0.25, -0.2) is 0 Å². The lowest BCUT2D eigenvalue weighted by Crippen LogP contribution is -2.02. The van der Waals surface area contributed by atoms with Crippen molar-refractivity contribution in [1.29, 1.82) is 5.26 Å². The Bertz CT molecular complexity index is 927. The van der Waals surface area contributed by atoms with Gasteiger partial charge in [-0.1, -0.05) is 72.8 Å². The van der Waals surface area contributed by atoms with Crippen molar-refractivity contribution < 1.29 is 9.84 Å². The first-order chi connectivity index (χ1) is 13.3. The van der Waals surface area contributed by atoms with Gasteiger partial charge in [-0.3, -0.25) is 0 Å². The van der Waals surface area contributed by atoms with Gasteiger partial charge in [0.1, 0.15) is 0 Å². The summed E-state index contributed by atoms with van der Waals surface area (Å²) in [5, 5.41) is 19.6. The zero-order chi connectivity index (χ0) is 18.9. The zero-order valence-electron chi connectivity index (χ0n) is 15.0. The lowest BCUT2D eigenvalue weighted by molar-refractivity contribution is 0.152. The van der Waals surface area contributed by atoms with Gasteiger partial charge in [0.15, 0.2) is 0 Å². The van der Waals surface area contributed by atoms with Gasteiger partial charge in [0.25, 0.3) is 0 Å². The molecule has 1 unspecified atom stereocenters. The highest BCUT2D eigenvalue weighted by Gasteiger charge is 2.08. The average molecular weight is 355 g/mol. The van der Waals surface area contributed by atoms with E-state index in [1.807, 2.05) is 84.9 Å². The minimum Gasteiger partial charge on any atom is -0.384 e. The summed E-state index contributed by atoms with van der Waals surface area (Å²) in [6.07, 6.45) is 1.13. The summed E-state index contributed by atoms with van der Waals surface area (Å²) in [4.78, 5) is 0. The van der Waals surface area contributed by atoms with Crippen LogP contribution in [-0.2, 0) is 11.3 Å². The van der Waals surface area contributed by atoms with E-state index < -0.39 is 6.10 Å². The summed E-state index contributed by atoms with van der Waals surface area (Å²) in [6.45, 7) is 0.770. The van der Waals surface area contributed by atoms with Crippen molar-refractivity contribution in [1.82, 2.24) is 0 Å². The van der Waals surface area contributed by atoms with Gasteiger partial charge >= 0.3 is 0 Å². The highest BCUT2D eigenvalue weighted by atomic mass is 16.5. The van der Waals surface area contributed by atoms with Crippen molar-refractivity contribution in [3.63, 3.8) is 0 Å². The molecule has 3 heteroatoms. The Morgan fingerprint density at radius 3 is 2.37 bits per heavy atom. The standard InChI is InChI=1S/C24H21NO2/c25-16-19-8-7-9-20(14-19)17-27-18-23(21-10-3-1-4-11-21)15-24(26)22-12-5-2-6-13-22/h1-15,24,26H,17-18H2/b23-15-. The summed E-state index contributed by atoms with van der Waals surface area (Å²) >= 11 is 0. The maximum atomic E-state index is 10.6. The van der Waals surface area contributed by atoms with Crippen molar-refractivity contribution >= 4 is 5.57 Å². The van der Waals surface area contributed by atoms with Gasteiger partial charge in [-0.15, -0.1) is 0 Å². The van der Waals surface area contributed by atoms with E-state index >= 15 is 0 Å². The first-order valence-electron chi connectivity index (χ1n) is 8.82. The average Bonchev–Trinajstić information content (AvgIpc) is 2.74. The Kier molecular flexibility index (Phi) is 6.54. The molecule has 0 heterocycles. The highest BCUT2D eigenvalue weighted by molar-refractivity contribution is 5.67. The molecule has 0 aliphatic carbocycles. The van der Waals surface area contributed by atoms with E-state index in [9.17, 15) is 5.11 Å². The molecule has 0 amide bonds. The predicted molar refractivity (Wildman–Crippen MR) is 107 cm³/mol. The van der Waals surface area contributed by atoms with Crippen LogP contribution in [-0.4, -0.2) is 11.7 Å². The van der Waals surface area contributed by atoms with Crippen molar-refractivity contribution in [2.45, 2.75) is 12.7 Å². The number of hydrogen-bond donors (Lipinski definition) is 1. The van der Waals surface area contributed by atoms with Crippen LogP contribution < -0.4 is 0 Å². The largest absolute Gasteiger partial charge is 0.384 e. The van der Waals surface area contributed by atoms with Crippen LogP contribution in [0.1, 0.15) is 28.4 Å². The van der Waals surface area contributed by atoms with E-state index in [1.165, 1.54) is 0 Å². The second kappa shape index (κ2) is 9.49. The SMILES string of the molecule is N#Cc1cccc(COC/C(=C/C(O)c2ccccc2)c2ccccc2)c1. The van der Waals surface area contributed by atoms with Gasteiger partial charge in [0.2, 0.25) is 0 Å². The van der Waals surface area contributed by atoms with E-state index in [4.69, 9.17) is 10.00 Å². The summed E-state index contributed by atoms with van der Waals surface area (Å²) < 4.78 is 5.88. The number of benzene rings is 3. The molecule has 0 saturated carbocycles. The third-order valence-electron chi connectivity index (χ3n) is 4.23. The van der Waals surface area contributed by atoms with Crippen LogP contribution in [0, 0.1) is 11.3 Å². The minimum atomic E-state index is -0.702. The third-order valence-corrected chi connectivity index (χ3v) is 4.23. The smallest absolute Gasteiger partial charge is 0.0991 e. The molecule has 3 aromatic carbocycles. The third kappa shape index (κ3) is 5.39. The Morgan fingerprint density at radius 1 is 0.963 bits per heavy atom. The van der Waals surface area contributed by atoms with Gasteiger partial charge in [0.05, 0.1) is 31.0 Å². The molecule has 0 aliphatic rings. The second-order valence-electron chi connectivity index (χ2n) is 6.22. The molecule has 27 heavy (non-hydrogen) atoms. The number of nitriles is 1. The molecule has 0 radical (unpaired) electrons. The molecule has 0 fully saturated rings. The summed E-state index contributed by atoms with van der Waals surface area (Å²) in [5.74, 6) is 0. The van der Waals surface area contributed by atoms with Gasteiger partial charge < -0.3 is 9.84 Å². The molecule has 0 saturated heterocycles. The van der Waals surface area contributed by atoms with Crippen molar-refractivity contribution in [3.8, 4) is 6.07 Å². The Hall–Kier alpha value is -3.19. The zero-order valence-corrected chi connectivity index (χ0v) is 15.0. The van der Waals surface area contributed by atoms with E-state index in [0.29, 0.717) is 18.8 Å². The normalized spacial score (nSPS) is 12.4. The lowest BCUT2D eigenvalue weighted by Gasteiger charge is -2.13. The summed E-state index contributed by atoms with van der Waals surface area (Å²) in [5.41, 5.74) is 4.34. The fraction of sp³-hybridized carbons (Fsp3) is 0.125. The van der Waals surface area contributed by atoms with Crippen LogP contribution in [0.2, 0.25) is 0 Å². The van der Waals surface area contributed by atoms with E-state index in [0.717, 1.165) is 22.3 Å². The predicted octanol–water partition coefficient (Wildman–Crippen LogP) is 4.89. The first kappa shape index (κ1) is 18.6. The molecule has 134 valence electrons. The molecule has 0 aromatic heterocycles. The van der Waals surface area contributed by atoms with E-state index in [1.54, 1.807) is 6.07 Å². The molecule has 1 N–H and O–H groups in total. The molecule has 3 nitrogen and oxygen atoms in total.